The Bertz CT molecular complexity index is 1130. The van der Waals surface area contributed by atoms with E-state index in [4.69, 9.17) is 27.6 Å². The molecule has 0 radical (unpaired) electrons. The van der Waals surface area contributed by atoms with Gasteiger partial charge in [-0.3, -0.25) is 9.59 Å². The summed E-state index contributed by atoms with van der Waals surface area (Å²) in [5.41, 5.74) is 0.0133. The third-order valence-corrected chi connectivity index (χ3v) is 5.04. The highest BCUT2D eigenvalue weighted by Gasteiger charge is 2.09. The Balaban J connectivity index is 2.15. The Kier molecular flexibility index (Phi) is 4.85. The van der Waals surface area contributed by atoms with Crippen LogP contribution >= 0.6 is 34.5 Å². The summed E-state index contributed by atoms with van der Waals surface area (Å²) in [6, 6.07) is 6.06. The van der Waals surface area contributed by atoms with Crippen LogP contribution < -0.4 is 14.8 Å². The van der Waals surface area contributed by atoms with Crippen LogP contribution in [0.3, 0.4) is 0 Å². The van der Waals surface area contributed by atoms with Gasteiger partial charge in [0.1, 0.15) is 10.4 Å². The first kappa shape index (κ1) is 17.5. The van der Waals surface area contributed by atoms with Crippen LogP contribution in [-0.2, 0) is 7.05 Å². The summed E-state index contributed by atoms with van der Waals surface area (Å²) in [6.45, 7) is 0. The molecule has 0 atom stereocenters. The number of halogens is 2. The predicted octanol–water partition coefficient (Wildman–Crippen LogP) is 2.54. The van der Waals surface area contributed by atoms with Gasteiger partial charge in [0.25, 0.3) is 5.56 Å². The Labute approximate surface area is 155 Å². The highest BCUT2D eigenvalue weighted by Crippen LogP contribution is 2.31. The van der Waals surface area contributed by atoms with E-state index in [0.29, 0.717) is 19.8 Å². The van der Waals surface area contributed by atoms with Gasteiger partial charge >= 0.3 is 0 Å². The topological polar surface area (TPSA) is 72.4 Å². The lowest BCUT2D eigenvalue weighted by molar-refractivity contribution is 0.103. The summed E-state index contributed by atoms with van der Waals surface area (Å²) >= 11 is 12.9. The Morgan fingerprint density at radius 1 is 1.36 bits per heavy atom. The van der Waals surface area contributed by atoms with E-state index in [0.717, 1.165) is 11.3 Å². The molecule has 0 unspecified atom stereocenters. The van der Waals surface area contributed by atoms with Crippen LogP contribution in [0, 0.1) is 0 Å². The summed E-state index contributed by atoms with van der Waals surface area (Å²) in [6.07, 6.45) is 4.21. The molecule has 0 aliphatic heterocycles. The second-order valence-electron chi connectivity index (χ2n) is 5.12. The molecule has 3 aromatic rings. The first-order valence-corrected chi connectivity index (χ1v) is 8.59. The van der Waals surface area contributed by atoms with Crippen LogP contribution in [0.5, 0.6) is 5.75 Å². The molecule has 0 amide bonds. The van der Waals surface area contributed by atoms with E-state index in [2.05, 4.69) is 0 Å². The van der Waals surface area contributed by atoms with Gasteiger partial charge in [0, 0.05) is 23.7 Å². The lowest BCUT2D eigenvalue weighted by Crippen LogP contribution is -2.29. The number of aromatic hydroxyl groups is 1. The fourth-order valence-corrected chi connectivity index (χ4v) is 3.68. The van der Waals surface area contributed by atoms with Gasteiger partial charge in [0.2, 0.25) is 5.78 Å². The molecule has 0 saturated heterocycles. The predicted molar refractivity (Wildman–Crippen MR) is 98.0 cm³/mol. The van der Waals surface area contributed by atoms with E-state index < -0.39 is 0 Å². The normalized spacial score (nSPS) is 12.8. The smallest absolute Gasteiger partial charge is 0.268 e. The third kappa shape index (κ3) is 3.56. The van der Waals surface area contributed by atoms with Crippen molar-refractivity contribution in [2.24, 2.45) is 7.05 Å². The van der Waals surface area contributed by atoms with Crippen molar-refractivity contribution < 1.29 is 14.3 Å². The van der Waals surface area contributed by atoms with Crippen molar-refractivity contribution in [2.45, 2.75) is 0 Å². The number of thiazole rings is 1. The number of nitrogens with zero attached hydrogens (tertiary/aromatic N) is 1. The number of carbonyl (C=O) groups excluding carboxylic acids is 1. The van der Waals surface area contributed by atoms with E-state index in [1.54, 1.807) is 19.2 Å². The molecular formula is C17H11Cl2NO4S. The summed E-state index contributed by atoms with van der Waals surface area (Å²) in [5.74, 6) is -0.327. The molecule has 0 spiro atoms. The highest BCUT2D eigenvalue weighted by molar-refractivity contribution is 7.07. The third-order valence-electron chi connectivity index (χ3n) is 3.42. The maximum atomic E-state index is 12.4. The number of phenolic OH excluding ortho intramolecular Hbond substituents is 1. The number of carbonyl (C=O) groups is 1. The molecule has 1 aromatic carbocycles. The molecular weight excluding hydrogens is 385 g/mol. The largest absolute Gasteiger partial charge is 0.506 e. The summed E-state index contributed by atoms with van der Waals surface area (Å²) in [5, 5.41) is 10.4. The zero-order chi connectivity index (χ0) is 18.1. The first-order chi connectivity index (χ1) is 11.9. The van der Waals surface area contributed by atoms with Gasteiger partial charge in [-0.1, -0.05) is 23.2 Å². The Morgan fingerprint density at radius 3 is 2.80 bits per heavy atom. The second kappa shape index (κ2) is 6.92. The molecule has 0 saturated carbocycles. The van der Waals surface area contributed by atoms with Gasteiger partial charge in [-0.05, 0) is 30.3 Å². The van der Waals surface area contributed by atoms with Gasteiger partial charge in [-0.15, -0.1) is 11.3 Å². The number of hydrogen-bond donors (Lipinski definition) is 1. The van der Waals surface area contributed by atoms with E-state index in [-0.39, 0.29) is 27.9 Å². The maximum absolute atomic E-state index is 12.4. The lowest BCUT2D eigenvalue weighted by Gasteiger charge is -2.01. The highest BCUT2D eigenvalue weighted by atomic mass is 35.5. The van der Waals surface area contributed by atoms with Crippen molar-refractivity contribution in [2.75, 3.05) is 0 Å². The van der Waals surface area contributed by atoms with E-state index in [1.165, 1.54) is 35.1 Å². The molecule has 1 N–H and O–H groups in total. The fraction of sp³-hybridized carbons (Fsp3) is 0.0588. The molecule has 2 aromatic heterocycles. The average molecular weight is 396 g/mol. The Morgan fingerprint density at radius 2 is 2.12 bits per heavy atom. The van der Waals surface area contributed by atoms with Crippen LogP contribution in [-0.4, -0.2) is 15.5 Å². The molecule has 5 nitrogen and oxygen atoms in total. The molecule has 25 heavy (non-hydrogen) atoms. The summed E-state index contributed by atoms with van der Waals surface area (Å²) in [4.78, 5) is 24.5. The van der Waals surface area contributed by atoms with Crippen LogP contribution in [0.25, 0.3) is 12.2 Å². The molecule has 0 aliphatic carbocycles. The number of benzene rings is 1. The molecule has 2 heterocycles. The maximum Gasteiger partial charge on any atom is 0.268 e. The molecule has 8 heteroatoms. The van der Waals surface area contributed by atoms with Crippen molar-refractivity contribution >= 4 is 52.5 Å². The number of Topliss-reactive ketones (excluding diaryl/α,β-unsaturated/α-hetero) is 1. The van der Waals surface area contributed by atoms with Gasteiger partial charge in [0.05, 0.1) is 15.8 Å². The van der Waals surface area contributed by atoms with E-state index in [9.17, 15) is 14.7 Å². The molecule has 0 aliphatic rings. The number of aromatic nitrogens is 1. The van der Waals surface area contributed by atoms with Crippen molar-refractivity contribution in [3.8, 4) is 5.75 Å². The minimum atomic E-state index is -0.345. The number of hydrogen-bond acceptors (Lipinski definition) is 5. The van der Waals surface area contributed by atoms with Crippen molar-refractivity contribution in [1.82, 2.24) is 4.57 Å². The molecule has 3 rings (SSSR count). The SMILES string of the molecule is Cn1c(=CC(=O)c2ccco2)sc(=Cc2cc(Cl)cc(Cl)c2O)c1=O. The van der Waals surface area contributed by atoms with Crippen LogP contribution in [0.1, 0.15) is 16.1 Å². The zero-order valence-electron chi connectivity index (χ0n) is 12.8. The Hall–Kier alpha value is -2.28. The van der Waals surface area contributed by atoms with Gasteiger partial charge in [-0.25, -0.2) is 0 Å². The zero-order valence-corrected chi connectivity index (χ0v) is 15.2. The van der Waals surface area contributed by atoms with E-state index >= 15 is 0 Å². The first-order valence-electron chi connectivity index (χ1n) is 7.02. The molecule has 128 valence electrons. The van der Waals surface area contributed by atoms with Crippen LogP contribution in [0.4, 0.5) is 0 Å². The lowest BCUT2D eigenvalue weighted by atomic mass is 10.2. The molecule has 0 fully saturated rings. The van der Waals surface area contributed by atoms with Gasteiger partial charge < -0.3 is 14.1 Å². The fourth-order valence-electron chi connectivity index (χ4n) is 2.15. The number of rotatable bonds is 3. The number of ketones is 1. The average Bonchev–Trinajstić information content (AvgIpc) is 3.18. The van der Waals surface area contributed by atoms with Gasteiger partial charge in [-0.2, -0.15) is 0 Å². The van der Waals surface area contributed by atoms with Crippen LogP contribution in [0.2, 0.25) is 10.0 Å². The van der Waals surface area contributed by atoms with Crippen LogP contribution in [0.15, 0.2) is 39.7 Å². The summed E-state index contributed by atoms with van der Waals surface area (Å²) in [7, 11) is 1.56. The number of furan rings is 1. The molecule has 0 bridgehead atoms. The van der Waals surface area contributed by atoms with Gasteiger partial charge in [0.15, 0.2) is 5.76 Å². The summed E-state index contributed by atoms with van der Waals surface area (Å²) < 4.78 is 7.17. The minimum absolute atomic E-state index is 0.0897. The second-order valence-corrected chi connectivity index (χ2v) is 7.03. The quantitative estimate of drug-likeness (QED) is 0.691. The van der Waals surface area contributed by atoms with E-state index in [1.807, 2.05) is 0 Å². The number of phenols is 1. The van der Waals surface area contributed by atoms with Crippen molar-refractivity contribution in [1.29, 1.82) is 0 Å². The standard InChI is InChI=1S/C17H11Cl2NO4S/c1-20-15(8-12(21)13-3-2-4-24-13)25-14(17(20)23)6-9-5-10(18)7-11(19)16(9)22/h2-8,22H,1H3. The van der Waals surface area contributed by atoms with Crippen molar-refractivity contribution in [3.05, 3.63) is 71.4 Å². The van der Waals surface area contributed by atoms with Crippen molar-refractivity contribution in [3.63, 3.8) is 0 Å². The minimum Gasteiger partial charge on any atom is -0.506 e. The monoisotopic (exact) mass is 395 g/mol.